The molecular weight excluding hydrogens is 328 g/mol. The summed E-state index contributed by atoms with van der Waals surface area (Å²) in [5, 5.41) is 0. The fraction of sp³-hybridized carbons (Fsp3) is 0.636. The first-order valence-corrected chi connectivity index (χ1v) is 9.89. The van der Waals surface area contributed by atoms with Crippen LogP contribution in [0.3, 0.4) is 0 Å². The lowest BCUT2D eigenvalue weighted by atomic mass is 9.65. The predicted molar refractivity (Wildman–Crippen MR) is 100 cm³/mol. The highest BCUT2D eigenvalue weighted by Gasteiger charge is 2.60. The van der Waals surface area contributed by atoms with E-state index in [0.717, 1.165) is 30.6 Å². The Morgan fingerprint density at radius 1 is 1.35 bits per heavy atom. The van der Waals surface area contributed by atoms with Gasteiger partial charge in [0.1, 0.15) is 12.4 Å². The average Bonchev–Trinajstić information content (AvgIpc) is 2.86. The fourth-order valence-electron chi connectivity index (χ4n) is 4.66. The van der Waals surface area contributed by atoms with Crippen molar-refractivity contribution in [3.63, 3.8) is 0 Å². The SMILES string of the molecule is C/C=C/C1=CC2=C(CO1)C(=O)[C@]1(C)OC(=O)[C@H](C(C)CCCCC)[C@H]1C2. The number of carbonyl (C=O) groups is 2. The Kier molecular flexibility index (Phi) is 5.40. The Morgan fingerprint density at radius 2 is 2.12 bits per heavy atom. The van der Waals surface area contributed by atoms with Crippen molar-refractivity contribution in [3.8, 4) is 0 Å². The number of ketones is 1. The Balaban J connectivity index is 1.88. The van der Waals surface area contributed by atoms with Gasteiger partial charge in [-0.15, -0.1) is 0 Å². The number of ether oxygens (including phenoxy) is 2. The molecule has 4 heteroatoms. The number of unbranched alkanes of at least 4 members (excludes halogenated alkanes) is 2. The van der Waals surface area contributed by atoms with Gasteiger partial charge in [-0.05, 0) is 50.3 Å². The first kappa shape index (κ1) is 18.9. The van der Waals surface area contributed by atoms with Crippen molar-refractivity contribution in [1.82, 2.24) is 0 Å². The van der Waals surface area contributed by atoms with Gasteiger partial charge in [-0.1, -0.05) is 39.2 Å². The van der Waals surface area contributed by atoms with Crippen molar-refractivity contribution in [2.75, 3.05) is 6.61 Å². The van der Waals surface area contributed by atoms with Gasteiger partial charge in [0.05, 0.1) is 5.92 Å². The number of hydrogen-bond donors (Lipinski definition) is 0. The van der Waals surface area contributed by atoms with Crippen LogP contribution in [0.1, 0.15) is 59.8 Å². The Labute approximate surface area is 156 Å². The molecule has 0 radical (unpaired) electrons. The highest BCUT2D eigenvalue weighted by molar-refractivity contribution is 6.07. The second-order valence-corrected chi connectivity index (χ2v) is 8.01. The van der Waals surface area contributed by atoms with Gasteiger partial charge in [-0.25, -0.2) is 0 Å². The maximum Gasteiger partial charge on any atom is 0.310 e. The molecule has 0 amide bonds. The standard InChI is InChI=1S/C22H30O4/c1-5-7-8-10-14(3)19-18-12-15-11-16(9-6-2)25-13-17(15)20(23)22(18,4)26-21(19)24/h6,9,11,14,18-19H,5,7-8,10,12-13H2,1-4H3/b9-6+/t14?,18-,19-,22-/m1/s1. The minimum absolute atomic E-state index is 0.0730. The van der Waals surface area contributed by atoms with Gasteiger partial charge in [-0.2, -0.15) is 0 Å². The molecule has 2 aliphatic heterocycles. The molecule has 1 unspecified atom stereocenters. The zero-order valence-electron chi connectivity index (χ0n) is 16.3. The Hall–Kier alpha value is -1.84. The molecule has 4 atom stereocenters. The number of allylic oxidation sites excluding steroid dienone is 4. The van der Waals surface area contributed by atoms with Gasteiger partial charge in [-0.3, -0.25) is 9.59 Å². The molecule has 26 heavy (non-hydrogen) atoms. The molecule has 0 spiro atoms. The number of Topliss-reactive ketones (excluding diaryl/α,β-unsaturated/α-hetero) is 1. The molecule has 1 aliphatic carbocycles. The molecule has 0 saturated carbocycles. The Bertz CT molecular complexity index is 684. The molecular formula is C22H30O4. The summed E-state index contributed by atoms with van der Waals surface area (Å²) in [5.41, 5.74) is 0.652. The molecule has 0 aromatic rings. The summed E-state index contributed by atoms with van der Waals surface area (Å²) in [6.45, 7) is 8.31. The van der Waals surface area contributed by atoms with Gasteiger partial charge in [0.2, 0.25) is 5.78 Å². The van der Waals surface area contributed by atoms with E-state index in [1.807, 2.05) is 25.2 Å². The van der Waals surface area contributed by atoms with E-state index in [4.69, 9.17) is 9.47 Å². The van der Waals surface area contributed by atoms with Gasteiger partial charge in [0, 0.05) is 11.5 Å². The average molecular weight is 358 g/mol. The monoisotopic (exact) mass is 358 g/mol. The largest absolute Gasteiger partial charge is 0.489 e. The second kappa shape index (κ2) is 7.42. The minimum Gasteiger partial charge on any atom is -0.489 e. The van der Waals surface area contributed by atoms with Crippen LogP contribution in [0.5, 0.6) is 0 Å². The van der Waals surface area contributed by atoms with Crippen molar-refractivity contribution in [3.05, 3.63) is 35.1 Å². The summed E-state index contributed by atoms with van der Waals surface area (Å²) in [4.78, 5) is 25.8. The molecule has 2 heterocycles. The molecule has 1 fully saturated rings. The maximum absolute atomic E-state index is 13.1. The fourth-order valence-corrected chi connectivity index (χ4v) is 4.66. The normalized spacial score (nSPS) is 32.1. The van der Waals surface area contributed by atoms with Crippen LogP contribution in [0.25, 0.3) is 0 Å². The zero-order valence-corrected chi connectivity index (χ0v) is 16.3. The van der Waals surface area contributed by atoms with E-state index in [-0.39, 0.29) is 36.1 Å². The molecule has 0 aromatic carbocycles. The van der Waals surface area contributed by atoms with Crippen molar-refractivity contribution < 1.29 is 19.1 Å². The maximum atomic E-state index is 13.1. The first-order valence-electron chi connectivity index (χ1n) is 9.89. The number of carbonyl (C=O) groups excluding carboxylic acids is 2. The summed E-state index contributed by atoms with van der Waals surface area (Å²) in [5.74, 6) is 0.454. The highest BCUT2D eigenvalue weighted by Crippen LogP contribution is 2.50. The van der Waals surface area contributed by atoms with E-state index >= 15 is 0 Å². The quantitative estimate of drug-likeness (QED) is 0.518. The molecule has 142 valence electrons. The van der Waals surface area contributed by atoms with Crippen LogP contribution in [0.2, 0.25) is 0 Å². The predicted octanol–water partition coefficient (Wildman–Crippen LogP) is 4.51. The number of rotatable bonds is 6. The van der Waals surface area contributed by atoms with Crippen molar-refractivity contribution in [2.45, 2.75) is 65.4 Å². The summed E-state index contributed by atoms with van der Waals surface area (Å²) >= 11 is 0. The lowest BCUT2D eigenvalue weighted by Crippen LogP contribution is -2.48. The number of esters is 1. The van der Waals surface area contributed by atoms with E-state index in [9.17, 15) is 9.59 Å². The second-order valence-electron chi connectivity index (χ2n) is 8.01. The highest BCUT2D eigenvalue weighted by atomic mass is 16.6. The molecule has 0 aromatic heterocycles. The summed E-state index contributed by atoms with van der Waals surface area (Å²) in [6.07, 6.45) is 10.9. The van der Waals surface area contributed by atoms with E-state index in [1.165, 1.54) is 6.42 Å². The zero-order chi connectivity index (χ0) is 18.9. The minimum atomic E-state index is -1.03. The molecule has 4 nitrogen and oxygen atoms in total. The van der Waals surface area contributed by atoms with Crippen LogP contribution in [-0.4, -0.2) is 24.0 Å². The third-order valence-electron chi connectivity index (χ3n) is 6.18. The topological polar surface area (TPSA) is 52.6 Å². The molecule has 3 aliphatic rings. The van der Waals surface area contributed by atoms with Crippen molar-refractivity contribution in [1.29, 1.82) is 0 Å². The molecule has 1 saturated heterocycles. The van der Waals surface area contributed by atoms with E-state index in [2.05, 4.69) is 13.8 Å². The molecule has 0 bridgehead atoms. The van der Waals surface area contributed by atoms with Crippen molar-refractivity contribution in [2.24, 2.45) is 17.8 Å². The van der Waals surface area contributed by atoms with Crippen LogP contribution in [0, 0.1) is 17.8 Å². The third kappa shape index (κ3) is 3.15. The van der Waals surface area contributed by atoms with Crippen LogP contribution < -0.4 is 0 Å². The van der Waals surface area contributed by atoms with Crippen LogP contribution in [0.15, 0.2) is 35.1 Å². The number of fused-ring (bicyclic) bond motifs is 1. The first-order chi connectivity index (χ1) is 12.4. The van der Waals surface area contributed by atoms with Gasteiger partial charge in [0.15, 0.2) is 5.60 Å². The lowest BCUT2D eigenvalue weighted by molar-refractivity contribution is -0.157. The summed E-state index contributed by atoms with van der Waals surface area (Å²) in [7, 11) is 0. The van der Waals surface area contributed by atoms with E-state index in [1.54, 1.807) is 6.92 Å². The third-order valence-corrected chi connectivity index (χ3v) is 6.18. The molecule has 3 rings (SSSR count). The Morgan fingerprint density at radius 3 is 2.81 bits per heavy atom. The van der Waals surface area contributed by atoms with Gasteiger partial charge in [0.25, 0.3) is 0 Å². The lowest BCUT2D eigenvalue weighted by Gasteiger charge is -2.38. The van der Waals surface area contributed by atoms with E-state index < -0.39 is 5.60 Å². The summed E-state index contributed by atoms with van der Waals surface area (Å²) in [6, 6.07) is 0. The van der Waals surface area contributed by atoms with Gasteiger partial charge >= 0.3 is 5.97 Å². The summed E-state index contributed by atoms with van der Waals surface area (Å²) < 4.78 is 11.4. The van der Waals surface area contributed by atoms with E-state index in [0.29, 0.717) is 12.0 Å². The van der Waals surface area contributed by atoms with Gasteiger partial charge < -0.3 is 9.47 Å². The van der Waals surface area contributed by atoms with Crippen LogP contribution in [0.4, 0.5) is 0 Å². The van der Waals surface area contributed by atoms with Crippen molar-refractivity contribution >= 4 is 11.8 Å². The van der Waals surface area contributed by atoms with Crippen LogP contribution in [-0.2, 0) is 19.1 Å². The number of hydrogen-bond acceptors (Lipinski definition) is 4. The molecule has 0 N–H and O–H groups in total. The van der Waals surface area contributed by atoms with Crippen LogP contribution >= 0.6 is 0 Å². The smallest absolute Gasteiger partial charge is 0.310 e.